The Morgan fingerprint density at radius 1 is 1.18 bits per heavy atom. The number of carbonyl (C=O) groups is 2. The average Bonchev–Trinajstić information content (AvgIpc) is 2.48. The molecule has 0 bridgehead atoms. The summed E-state index contributed by atoms with van der Waals surface area (Å²) in [7, 11) is 1.55. The highest BCUT2D eigenvalue weighted by Gasteiger charge is 2.18. The predicted octanol–water partition coefficient (Wildman–Crippen LogP) is 2.78. The highest BCUT2D eigenvalue weighted by Crippen LogP contribution is 2.25. The van der Waals surface area contributed by atoms with Gasteiger partial charge in [-0.25, -0.2) is 0 Å². The number of benzene rings is 1. The lowest BCUT2D eigenvalue weighted by molar-refractivity contribution is -0.127. The van der Waals surface area contributed by atoms with Crippen molar-refractivity contribution in [2.75, 3.05) is 12.4 Å². The number of ether oxygens (including phenoxy) is 1. The van der Waals surface area contributed by atoms with Gasteiger partial charge in [0.25, 0.3) is 0 Å². The molecular weight excluding hydrogens is 280 g/mol. The Morgan fingerprint density at radius 3 is 2.59 bits per heavy atom. The molecular formula is C17H24N2O3. The van der Waals surface area contributed by atoms with E-state index < -0.39 is 0 Å². The van der Waals surface area contributed by atoms with Crippen LogP contribution in [0.15, 0.2) is 18.2 Å². The van der Waals surface area contributed by atoms with Crippen LogP contribution in [0.25, 0.3) is 0 Å². The highest BCUT2D eigenvalue weighted by molar-refractivity contribution is 6.04. The summed E-state index contributed by atoms with van der Waals surface area (Å²) in [4.78, 5) is 23.9. The zero-order chi connectivity index (χ0) is 15.9. The predicted molar refractivity (Wildman–Crippen MR) is 86.0 cm³/mol. The Hall–Kier alpha value is -2.04. The van der Waals surface area contributed by atoms with Crippen LogP contribution in [0.2, 0.25) is 0 Å². The molecule has 1 aliphatic carbocycles. The monoisotopic (exact) mass is 304 g/mol. The van der Waals surface area contributed by atoms with Gasteiger partial charge in [0.05, 0.1) is 12.8 Å². The van der Waals surface area contributed by atoms with Crippen LogP contribution in [0.5, 0.6) is 5.75 Å². The van der Waals surface area contributed by atoms with E-state index in [9.17, 15) is 9.59 Å². The molecule has 1 fully saturated rings. The number of anilines is 1. The van der Waals surface area contributed by atoms with E-state index in [-0.39, 0.29) is 24.3 Å². The van der Waals surface area contributed by atoms with Crippen LogP contribution >= 0.6 is 0 Å². The smallest absolute Gasteiger partial charge is 0.233 e. The minimum Gasteiger partial charge on any atom is -0.495 e. The normalized spacial score (nSPS) is 15.2. The van der Waals surface area contributed by atoms with Gasteiger partial charge in [-0.2, -0.15) is 0 Å². The van der Waals surface area contributed by atoms with E-state index in [4.69, 9.17) is 4.74 Å². The Balaban J connectivity index is 1.86. The second-order valence-electron chi connectivity index (χ2n) is 5.83. The van der Waals surface area contributed by atoms with Gasteiger partial charge < -0.3 is 15.4 Å². The summed E-state index contributed by atoms with van der Waals surface area (Å²) in [6.07, 6.45) is 5.40. The standard InChI is InChI=1S/C17H24N2O3/c1-12-8-9-15(22-2)14(10-12)19-17(21)11-16(20)18-13-6-4-3-5-7-13/h8-10,13H,3-7,11H2,1-2H3,(H,18,20)(H,19,21). The second-order valence-corrected chi connectivity index (χ2v) is 5.83. The maximum atomic E-state index is 12.0. The van der Waals surface area contributed by atoms with Crippen LogP contribution in [0.3, 0.4) is 0 Å². The Morgan fingerprint density at radius 2 is 1.91 bits per heavy atom. The lowest BCUT2D eigenvalue weighted by Crippen LogP contribution is -2.37. The topological polar surface area (TPSA) is 67.4 Å². The van der Waals surface area contributed by atoms with Gasteiger partial charge in [-0.05, 0) is 37.5 Å². The number of amides is 2. The highest BCUT2D eigenvalue weighted by atomic mass is 16.5. The summed E-state index contributed by atoms with van der Waals surface area (Å²) < 4.78 is 5.21. The van der Waals surface area contributed by atoms with Crippen molar-refractivity contribution in [2.45, 2.75) is 51.5 Å². The molecule has 2 rings (SSSR count). The first-order chi connectivity index (χ1) is 10.6. The molecule has 0 unspecified atom stereocenters. The third-order valence-electron chi connectivity index (χ3n) is 3.92. The number of methoxy groups -OCH3 is 1. The van der Waals surface area contributed by atoms with Crippen molar-refractivity contribution in [1.29, 1.82) is 0 Å². The molecule has 120 valence electrons. The Labute approximate surface area is 131 Å². The third kappa shape index (κ3) is 4.76. The minimum absolute atomic E-state index is 0.159. The third-order valence-corrected chi connectivity index (χ3v) is 3.92. The van der Waals surface area contributed by atoms with Crippen molar-refractivity contribution < 1.29 is 14.3 Å². The summed E-state index contributed by atoms with van der Waals surface area (Å²) in [5, 5.41) is 5.69. The van der Waals surface area contributed by atoms with Crippen molar-refractivity contribution in [1.82, 2.24) is 5.32 Å². The molecule has 0 radical (unpaired) electrons. The number of nitrogens with one attached hydrogen (secondary N) is 2. The lowest BCUT2D eigenvalue weighted by Gasteiger charge is -2.22. The summed E-state index contributed by atoms with van der Waals surface area (Å²) in [5.74, 6) is 0.0554. The van der Waals surface area contributed by atoms with Crippen molar-refractivity contribution in [3.8, 4) is 5.75 Å². The molecule has 0 spiro atoms. The van der Waals surface area contributed by atoms with Crippen LogP contribution in [0.1, 0.15) is 44.1 Å². The van der Waals surface area contributed by atoms with Crippen molar-refractivity contribution in [3.05, 3.63) is 23.8 Å². The minimum atomic E-state index is -0.322. The first kappa shape index (κ1) is 16.3. The van der Waals surface area contributed by atoms with E-state index in [0.29, 0.717) is 11.4 Å². The van der Waals surface area contributed by atoms with Crippen LogP contribution in [0.4, 0.5) is 5.69 Å². The number of hydrogen-bond donors (Lipinski definition) is 2. The van der Waals surface area contributed by atoms with Crippen molar-refractivity contribution in [2.24, 2.45) is 0 Å². The number of aryl methyl sites for hydroxylation is 1. The number of rotatable bonds is 5. The molecule has 0 aliphatic heterocycles. The molecule has 1 aromatic rings. The molecule has 5 nitrogen and oxygen atoms in total. The van der Waals surface area contributed by atoms with Gasteiger partial charge in [0, 0.05) is 6.04 Å². The largest absolute Gasteiger partial charge is 0.495 e. The van der Waals surface area contributed by atoms with E-state index >= 15 is 0 Å². The molecule has 2 amide bonds. The fourth-order valence-electron chi connectivity index (χ4n) is 2.79. The van der Waals surface area contributed by atoms with Crippen LogP contribution in [0, 0.1) is 6.92 Å². The van der Waals surface area contributed by atoms with Gasteiger partial charge in [-0.3, -0.25) is 9.59 Å². The molecule has 1 saturated carbocycles. The Kier molecular flexibility index (Phi) is 5.81. The van der Waals surface area contributed by atoms with Gasteiger partial charge >= 0.3 is 0 Å². The first-order valence-corrected chi connectivity index (χ1v) is 7.82. The maximum absolute atomic E-state index is 12.0. The first-order valence-electron chi connectivity index (χ1n) is 7.82. The van der Waals surface area contributed by atoms with Crippen LogP contribution in [-0.2, 0) is 9.59 Å². The molecule has 5 heteroatoms. The lowest BCUT2D eigenvalue weighted by atomic mass is 9.95. The molecule has 0 aromatic heterocycles. The van der Waals surface area contributed by atoms with Gasteiger partial charge in [0.1, 0.15) is 12.2 Å². The quantitative estimate of drug-likeness (QED) is 0.822. The van der Waals surface area contributed by atoms with E-state index in [0.717, 1.165) is 31.2 Å². The van der Waals surface area contributed by atoms with Gasteiger partial charge in [-0.1, -0.05) is 25.3 Å². The summed E-state index contributed by atoms with van der Waals surface area (Å²) in [5.41, 5.74) is 1.61. The van der Waals surface area contributed by atoms with Gasteiger partial charge in [0.2, 0.25) is 11.8 Å². The molecule has 22 heavy (non-hydrogen) atoms. The molecule has 0 heterocycles. The molecule has 0 saturated heterocycles. The SMILES string of the molecule is COc1ccc(C)cc1NC(=O)CC(=O)NC1CCCCC1. The van der Waals surface area contributed by atoms with E-state index in [1.807, 2.05) is 19.1 Å². The number of carbonyl (C=O) groups excluding carboxylic acids is 2. The maximum Gasteiger partial charge on any atom is 0.233 e. The van der Waals surface area contributed by atoms with Gasteiger partial charge in [-0.15, -0.1) is 0 Å². The Bertz CT molecular complexity index is 537. The second kappa shape index (κ2) is 7.82. The molecule has 0 atom stereocenters. The summed E-state index contributed by atoms with van der Waals surface area (Å²) in [6, 6.07) is 5.76. The van der Waals surface area contributed by atoms with E-state index in [1.54, 1.807) is 13.2 Å². The van der Waals surface area contributed by atoms with Crippen molar-refractivity contribution >= 4 is 17.5 Å². The fourth-order valence-corrected chi connectivity index (χ4v) is 2.79. The van der Waals surface area contributed by atoms with Crippen LogP contribution in [-0.4, -0.2) is 25.0 Å². The van der Waals surface area contributed by atoms with Crippen molar-refractivity contribution in [3.63, 3.8) is 0 Å². The molecule has 1 aromatic carbocycles. The number of hydrogen-bond acceptors (Lipinski definition) is 3. The molecule has 1 aliphatic rings. The van der Waals surface area contributed by atoms with Gasteiger partial charge in [0.15, 0.2) is 0 Å². The summed E-state index contributed by atoms with van der Waals surface area (Å²) >= 11 is 0. The van der Waals surface area contributed by atoms with E-state index in [2.05, 4.69) is 10.6 Å². The zero-order valence-corrected chi connectivity index (χ0v) is 13.3. The fraction of sp³-hybridized carbons (Fsp3) is 0.529. The molecule has 2 N–H and O–H groups in total. The average molecular weight is 304 g/mol. The van der Waals surface area contributed by atoms with Crippen LogP contribution < -0.4 is 15.4 Å². The van der Waals surface area contributed by atoms with E-state index in [1.165, 1.54) is 6.42 Å². The zero-order valence-electron chi connectivity index (χ0n) is 13.3. The summed E-state index contributed by atoms with van der Waals surface area (Å²) in [6.45, 7) is 1.94.